The van der Waals surface area contributed by atoms with Crippen LogP contribution in [0.5, 0.6) is 0 Å². The minimum atomic E-state index is -0.848. The maximum atomic E-state index is 11.8. The van der Waals surface area contributed by atoms with E-state index in [1.807, 2.05) is 6.07 Å². The van der Waals surface area contributed by atoms with Crippen molar-refractivity contribution in [2.24, 2.45) is 5.73 Å². The Bertz CT molecular complexity index is 531. The molecule has 0 atom stereocenters. The second-order valence-electron chi connectivity index (χ2n) is 4.89. The summed E-state index contributed by atoms with van der Waals surface area (Å²) in [5, 5.41) is 13.9. The standard InChI is InChI=1S/C15H21N3O4/c16-15(22)17-9-2-1-6-13(19)18-12-5-3-4-11(10-12)7-8-14(20)21/h3-5,10H,1-2,6-9H2,(H,18,19)(H,20,21)(H3,16,17,22). The van der Waals surface area contributed by atoms with Gasteiger partial charge in [0.1, 0.15) is 0 Å². The third-order valence-corrected chi connectivity index (χ3v) is 2.97. The minimum Gasteiger partial charge on any atom is -0.481 e. The van der Waals surface area contributed by atoms with Crippen molar-refractivity contribution in [2.75, 3.05) is 11.9 Å². The molecular weight excluding hydrogens is 286 g/mol. The maximum Gasteiger partial charge on any atom is 0.312 e. The van der Waals surface area contributed by atoms with Crippen LogP contribution in [0.25, 0.3) is 0 Å². The molecule has 0 bridgehead atoms. The molecule has 3 amide bonds. The van der Waals surface area contributed by atoms with E-state index in [0.29, 0.717) is 37.9 Å². The first kappa shape index (κ1) is 17.5. The Hall–Kier alpha value is -2.57. The summed E-state index contributed by atoms with van der Waals surface area (Å²) in [7, 11) is 0. The molecule has 0 aliphatic heterocycles. The van der Waals surface area contributed by atoms with Crippen molar-refractivity contribution >= 4 is 23.6 Å². The van der Waals surface area contributed by atoms with E-state index >= 15 is 0 Å². The number of unbranched alkanes of at least 4 members (excludes halogenated alkanes) is 1. The number of aryl methyl sites for hydroxylation is 1. The van der Waals surface area contributed by atoms with E-state index in [4.69, 9.17) is 10.8 Å². The summed E-state index contributed by atoms with van der Waals surface area (Å²) < 4.78 is 0. The highest BCUT2D eigenvalue weighted by Gasteiger charge is 2.04. The van der Waals surface area contributed by atoms with Gasteiger partial charge < -0.3 is 21.5 Å². The Kier molecular flexibility index (Phi) is 7.45. The number of rotatable bonds is 9. The number of primary amides is 1. The zero-order valence-corrected chi connectivity index (χ0v) is 12.3. The number of hydrogen-bond acceptors (Lipinski definition) is 3. The second kappa shape index (κ2) is 9.38. The third kappa shape index (κ3) is 7.88. The molecule has 22 heavy (non-hydrogen) atoms. The molecule has 0 radical (unpaired) electrons. The molecular formula is C15H21N3O4. The summed E-state index contributed by atoms with van der Waals surface area (Å²) >= 11 is 0. The molecule has 1 rings (SSSR count). The molecule has 0 saturated heterocycles. The summed E-state index contributed by atoms with van der Waals surface area (Å²) in [5.41, 5.74) is 6.45. The van der Waals surface area contributed by atoms with Gasteiger partial charge in [0.2, 0.25) is 5.91 Å². The highest BCUT2D eigenvalue weighted by Crippen LogP contribution is 2.13. The van der Waals surface area contributed by atoms with Crippen LogP contribution in [0, 0.1) is 0 Å². The van der Waals surface area contributed by atoms with E-state index in [9.17, 15) is 14.4 Å². The van der Waals surface area contributed by atoms with E-state index < -0.39 is 12.0 Å². The lowest BCUT2D eigenvalue weighted by Crippen LogP contribution is -2.30. The predicted molar refractivity (Wildman–Crippen MR) is 82.5 cm³/mol. The molecule has 0 unspecified atom stereocenters. The predicted octanol–water partition coefficient (Wildman–Crippen LogP) is 1.48. The number of hydrogen-bond donors (Lipinski definition) is 4. The van der Waals surface area contributed by atoms with Gasteiger partial charge in [-0.2, -0.15) is 0 Å². The summed E-state index contributed by atoms with van der Waals surface area (Å²) in [5.74, 6) is -0.964. The van der Waals surface area contributed by atoms with Gasteiger partial charge in [0.05, 0.1) is 0 Å². The molecule has 5 N–H and O–H groups in total. The molecule has 0 heterocycles. The first-order chi connectivity index (χ1) is 10.5. The summed E-state index contributed by atoms with van der Waals surface area (Å²) in [6, 6.07) is 6.58. The Morgan fingerprint density at radius 2 is 1.91 bits per heavy atom. The Morgan fingerprint density at radius 1 is 1.14 bits per heavy atom. The van der Waals surface area contributed by atoms with Crippen molar-refractivity contribution in [3.05, 3.63) is 29.8 Å². The van der Waals surface area contributed by atoms with Crippen molar-refractivity contribution in [3.63, 3.8) is 0 Å². The van der Waals surface area contributed by atoms with Crippen LogP contribution in [-0.2, 0) is 16.0 Å². The maximum absolute atomic E-state index is 11.8. The van der Waals surface area contributed by atoms with E-state index in [2.05, 4.69) is 10.6 Å². The second-order valence-corrected chi connectivity index (χ2v) is 4.89. The fraction of sp³-hybridized carbons (Fsp3) is 0.400. The van der Waals surface area contributed by atoms with Crippen LogP contribution in [-0.4, -0.2) is 29.6 Å². The van der Waals surface area contributed by atoms with Gasteiger partial charge in [-0.25, -0.2) is 4.79 Å². The van der Waals surface area contributed by atoms with Crippen LogP contribution in [0.3, 0.4) is 0 Å². The molecule has 0 aromatic heterocycles. The van der Waals surface area contributed by atoms with Gasteiger partial charge in [-0.05, 0) is 37.0 Å². The van der Waals surface area contributed by atoms with Crippen LogP contribution >= 0.6 is 0 Å². The lowest BCUT2D eigenvalue weighted by atomic mass is 10.1. The van der Waals surface area contributed by atoms with Crippen LogP contribution in [0.1, 0.15) is 31.2 Å². The smallest absolute Gasteiger partial charge is 0.312 e. The zero-order valence-electron chi connectivity index (χ0n) is 12.3. The van der Waals surface area contributed by atoms with Gasteiger partial charge in [-0.3, -0.25) is 9.59 Å². The molecule has 0 saturated carbocycles. The number of benzene rings is 1. The number of urea groups is 1. The normalized spacial score (nSPS) is 10.0. The lowest BCUT2D eigenvalue weighted by molar-refractivity contribution is -0.137. The molecule has 120 valence electrons. The minimum absolute atomic E-state index is 0.0598. The van der Waals surface area contributed by atoms with E-state index in [1.165, 1.54) is 0 Å². The number of amides is 3. The van der Waals surface area contributed by atoms with Gasteiger partial charge in [0.25, 0.3) is 0 Å². The Balaban J connectivity index is 2.33. The average Bonchev–Trinajstić information content (AvgIpc) is 2.45. The Morgan fingerprint density at radius 3 is 2.59 bits per heavy atom. The first-order valence-electron chi connectivity index (χ1n) is 7.11. The highest BCUT2D eigenvalue weighted by atomic mass is 16.4. The van der Waals surface area contributed by atoms with Gasteiger partial charge in [-0.15, -0.1) is 0 Å². The molecule has 1 aromatic carbocycles. The molecule has 0 aliphatic rings. The van der Waals surface area contributed by atoms with E-state index in [0.717, 1.165) is 5.56 Å². The number of carbonyl (C=O) groups is 3. The molecule has 7 heteroatoms. The van der Waals surface area contributed by atoms with Gasteiger partial charge in [0.15, 0.2) is 0 Å². The number of nitrogens with one attached hydrogen (secondary N) is 2. The van der Waals surface area contributed by atoms with E-state index in [1.54, 1.807) is 18.2 Å². The van der Waals surface area contributed by atoms with Crippen molar-refractivity contribution in [1.82, 2.24) is 5.32 Å². The molecule has 0 aliphatic carbocycles. The zero-order chi connectivity index (χ0) is 16.4. The number of nitrogens with two attached hydrogens (primary N) is 1. The number of anilines is 1. The average molecular weight is 307 g/mol. The van der Waals surface area contributed by atoms with Crippen molar-refractivity contribution in [2.45, 2.75) is 32.1 Å². The van der Waals surface area contributed by atoms with Gasteiger partial charge in [0, 0.05) is 25.1 Å². The van der Waals surface area contributed by atoms with E-state index in [-0.39, 0.29) is 12.3 Å². The van der Waals surface area contributed by atoms with Crippen molar-refractivity contribution in [1.29, 1.82) is 0 Å². The monoisotopic (exact) mass is 307 g/mol. The van der Waals surface area contributed by atoms with Crippen LogP contribution in [0.2, 0.25) is 0 Å². The van der Waals surface area contributed by atoms with Crippen molar-refractivity contribution in [3.8, 4) is 0 Å². The fourth-order valence-electron chi connectivity index (χ4n) is 1.90. The number of carboxylic acids is 1. The summed E-state index contributed by atoms with van der Waals surface area (Å²) in [6.45, 7) is 0.452. The highest BCUT2D eigenvalue weighted by molar-refractivity contribution is 5.90. The molecule has 7 nitrogen and oxygen atoms in total. The van der Waals surface area contributed by atoms with Crippen LogP contribution in [0.4, 0.5) is 10.5 Å². The third-order valence-electron chi connectivity index (χ3n) is 2.97. The van der Waals surface area contributed by atoms with Crippen LogP contribution < -0.4 is 16.4 Å². The fourth-order valence-corrected chi connectivity index (χ4v) is 1.90. The Labute approximate surface area is 128 Å². The summed E-state index contributed by atoms with van der Waals surface area (Å²) in [4.78, 5) is 32.8. The summed E-state index contributed by atoms with van der Waals surface area (Å²) in [6.07, 6.45) is 2.15. The van der Waals surface area contributed by atoms with Crippen molar-refractivity contribution < 1.29 is 19.5 Å². The number of carboxylic acid groups (broad SMARTS) is 1. The largest absolute Gasteiger partial charge is 0.481 e. The molecule has 1 aromatic rings. The molecule has 0 fully saturated rings. The van der Waals surface area contributed by atoms with Crippen LogP contribution in [0.15, 0.2) is 24.3 Å². The number of aliphatic carboxylic acids is 1. The van der Waals surface area contributed by atoms with Gasteiger partial charge >= 0.3 is 12.0 Å². The SMILES string of the molecule is NC(=O)NCCCCC(=O)Nc1cccc(CCC(=O)O)c1. The first-order valence-corrected chi connectivity index (χ1v) is 7.11. The topological polar surface area (TPSA) is 122 Å². The number of carbonyl (C=O) groups excluding carboxylic acids is 2. The lowest BCUT2D eigenvalue weighted by Gasteiger charge is -2.07. The quantitative estimate of drug-likeness (QED) is 0.516. The molecule has 0 spiro atoms. The van der Waals surface area contributed by atoms with Gasteiger partial charge in [-0.1, -0.05) is 12.1 Å².